The highest BCUT2D eigenvalue weighted by Gasteiger charge is 2.48. The Labute approximate surface area is 153 Å². The summed E-state index contributed by atoms with van der Waals surface area (Å²) in [6, 6.07) is 16.6. The van der Waals surface area contributed by atoms with Crippen molar-refractivity contribution in [3.05, 3.63) is 64.6 Å². The first-order valence-corrected chi connectivity index (χ1v) is 8.74. The van der Waals surface area contributed by atoms with Gasteiger partial charge in [-0.1, -0.05) is 46.3 Å². The number of aliphatic imine (C=N–C) groups is 2. The van der Waals surface area contributed by atoms with Gasteiger partial charge in [-0.25, -0.2) is 4.90 Å². The summed E-state index contributed by atoms with van der Waals surface area (Å²) in [5.41, 5.74) is 2.30. The lowest BCUT2D eigenvalue weighted by Gasteiger charge is -2.15. The van der Waals surface area contributed by atoms with E-state index in [1.54, 1.807) is 24.3 Å². The minimum absolute atomic E-state index is 0.285. The number of hydrogen-bond acceptors (Lipinski definition) is 4. The van der Waals surface area contributed by atoms with Crippen LogP contribution in [0.5, 0.6) is 0 Å². The van der Waals surface area contributed by atoms with Gasteiger partial charge in [0.1, 0.15) is 11.6 Å². The maximum absolute atomic E-state index is 13.1. The molecule has 2 aliphatic heterocycles. The molecule has 1 atom stereocenters. The van der Waals surface area contributed by atoms with E-state index in [-0.39, 0.29) is 17.5 Å². The first-order valence-electron chi connectivity index (χ1n) is 7.95. The van der Waals surface area contributed by atoms with E-state index in [1.807, 2.05) is 30.3 Å². The van der Waals surface area contributed by atoms with Crippen LogP contribution >= 0.6 is 15.9 Å². The van der Waals surface area contributed by atoms with Gasteiger partial charge in [-0.15, -0.1) is 0 Å². The van der Waals surface area contributed by atoms with Crippen LogP contribution in [0, 0.1) is 5.92 Å². The summed E-state index contributed by atoms with van der Waals surface area (Å²) < 4.78 is 0.883. The van der Waals surface area contributed by atoms with E-state index in [1.165, 1.54) is 4.90 Å². The third-order valence-corrected chi connectivity index (χ3v) is 4.78. The molecule has 1 saturated heterocycles. The number of anilines is 1. The predicted molar refractivity (Wildman–Crippen MR) is 100 cm³/mol. The van der Waals surface area contributed by atoms with Crippen molar-refractivity contribution in [3.63, 3.8) is 0 Å². The van der Waals surface area contributed by atoms with Gasteiger partial charge in [0.05, 0.1) is 24.5 Å². The van der Waals surface area contributed by atoms with Crippen molar-refractivity contribution >= 4 is 44.9 Å². The van der Waals surface area contributed by atoms with Crippen LogP contribution in [-0.4, -0.2) is 36.3 Å². The van der Waals surface area contributed by atoms with Gasteiger partial charge in [0, 0.05) is 4.47 Å². The summed E-state index contributed by atoms with van der Waals surface area (Å²) >= 11 is 3.36. The molecule has 0 spiro atoms. The first kappa shape index (κ1) is 15.9. The Balaban J connectivity index is 1.79. The summed E-state index contributed by atoms with van der Waals surface area (Å²) in [6.45, 7) is 0.887. The molecule has 0 aromatic heterocycles. The molecule has 5 nitrogen and oxygen atoms in total. The van der Waals surface area contributed by atoms with Crippen LogP contribution < -0.4 is 4.90 Å². The number of benzene rings is 2. The topological polar surface area (TPSA) is 62.1 Å². The zero-order valence-electron chi connectivity index (χ0n) is 13.2. The van der Waals surface area contributed by atoms with Crippen LogP contribution in [0.3, 0.4) is 0 Å². The minimum atomic E-state index is -0.735. The molecule has 0 radical (unpaired) electrons. The van der Waals surface area contributed by atoms with Gasteiger partial charge in [0.15, 0.2) is 0 Å². The number of carbonyl (C=O) groups is 2. The van der Waals surface area contributed by atoms with E-state index in [0.717, 1.165) is 10.0 Å². The highest BCUT2D eigenvalue weighted by atomic mass is 79.9. The highest BCUT2D eigenvalue weighted by molar-refractivity contribution is 9.10. The summed E-state index contributed by atoms with van der Waals surface area (Å²) in [5.74, 6) is -1.39. The molecule has 0 saturated carbocycles. The van der Waals surface area contributed by atoms with Crippen LogP contribution in [0.1, 0.15) is 5.56 Å². The Morgan fingerprint density at radius 1 is 0.880 bits per heavy atom. The average molecular weight is 396 g/mol. The molecule has 2 aromatic rings. The fourth-order valence-corrected chi connectivity index (χ4v) is 3.39. The Kier molecular flexibility index (Phi) is 4.05. The largest absolute Gasteiger partial charge is 0.286 e. The molecule has 4 rings (SSSR count). The van der Waals surface area contributed by atoms with Crippen molar-refractivity contribution in [2.24, 2.45) is 15.9 Å². The van der Waals surface area contributed by atoms with Gasteiger partial charge >= 0.3 is 0 Å². The second-order valence-corrected chi connectivity index (χ2v) is 6.70. The normalized spacial score (nSPS) is 20.0. The zero-order valence-corrected chi connectivity index (χ0v) is 14.8. The van der Waals surface area contributed by atoms with Crippen LogP contribution in [0.15, 0.2) is 69.1 Å². The molecule has 2 aliphatic rings. The van der Waals surface area contributed by atoms with Crippen molar-refractivity contribution in [3.8, 4) is 0 Å². The number of carbonyl (C=O) groups excluding carboxylic acids is 2. The fourth-order valence-electron chi connectivity index (χ4n) is 3.12. The number of imide groups is 1. The summed E-state index contributed by atoms with van der Waals surface area (Å²) in [7, 11) is 0. The van der Waals surface area contributed by atoms with Gasteiger partial charge in [-0.2, -0.15) is 0 Å². The molecule has 6 heteroatoms. The maximum atomic E-state index is 13.1. The zero-order chi connectivity index (χ0) is 17.4. The Bertz CT molecular complexity index is 904. The molecule has 2 aromatic carbocycles. The predicted octanol–water partition coefficient (Wildman–Crippen LogP) is 2.88. The molecule has 0 bridgehead atoms. The number of halogens is 1. The Hall–Kier alpha value is -2.60. The summed E-state index contributed by atoms with van der Waals surface area (Å²) in [5, 5.41) is 0. The third kappa shape index (κ3) is 2.72. The number of rotatable bonds is 2. The number of fused-ring (bicyclic) bond motifs is 1. The van der Waals surface area contributed by atoms with E-state index in [2.05, 4.69) is 25.9 Å². The molecule has 25 heavy (non-hydrogen) atoms. The monoisotopic (exact) mass is 395 g/mol. The molecular weight excluding hydrogens is 382 g/mol. The number of nitrogens with zero attached hydrogens (tertiary/aromatic N) is 3. The molecule has 1 unspecified atom stereocenters. The average Bonchev–Trinajstić information content (AvgIpc) is 2.80. The molecule has 124 valence electrons. The van der Waals surface area contributed by atoms with Crippen molar-refractivity contribution < 1.29 is 9.59 Å². The lowest BCUT2D eigenvalue weighted by Crippen LogP contribution is -2.32. The third-order valence-electron chi connectivity index (χ3n) is 4.26. The smallest absolute Gasteiger partial charge is 0.280 e. The van der Waals surface area contributed by atoms with Crippen LogP contribution in [0.25, 0.3) is 0 Å². The van der Waals surface area contributed by atoms with Gasteiger partial charge in [0.2, 0.25) is 5.91 Å². The Morgan fingerprint density at radius 2 is 1.52 bits per heavy atom. The Morgan fingerprint density at radius 3 is 2.20 bits per heavy atom. The van der Waals surface area contributed by atoms with Gasteiger partial charge in [-0.05, 0) is 29.8 Å². The standard InChI is InChI=1S/C19H14BrN3O2/c20-13-6-8-14(9-7-13)23-18(24)15-16(12-4-2-1-3-5-12)21-10-11-22-17(15)19(23)25/h1-9,15H,10-11H2. The second-order valence-electron chi connectivity index (χ2n) is 5.79. The fraction of sp³-hybridized carbons (Fsp3) is 0.158. The molecule has 2 amide bonds. The lowest BCUT2D eigenvalue weighted by molar-refractivity contribution is -0.121. The van der Waals surface area contributed by atoms with E-state index in [4.69, 9.17) is 0 Å². The van der Waals surface area contributed by atoms with Crippen molar-refractivity contribution in [2.75, 3.05) is 18.0 Å². The molecule has 0 aliphatic carbocycles. The van der Waals surface area contributed by atoms with E-state index >= 15 is 0 Å². The minimum Gasteiger partial charge on any atom is -0.286 e. The maximum Gasteiger partial charge on any atom is 0.280 e. The number of amides is 2. The second kappa shape index (κ2) is 6.37. The van der Waals surface area contributed by atoms with E-state index < -0.39 is 5.92 Å². The van der Waals surface area contributed by atoms with Gasteiger partial charge in [0.25, 0.3) is 5.91 Å². The molecule has 0 N–H and O–H groups in total. The molecular formula is C19H14BrN3O2. The number of hydrogen-bond donors (Lipinski definition) is 0. The van der Waals surface area contributed by atoms with Crippen LogP contribution in [-0.2, 0) is 9.59 Å². The van der Waals surface area contributed by atoms with Crippen LogP contribution in [0.4, 0.5) is 5.69 Å². The van der Waals surface area contributed by atoms with Gasteiger partial charge in [-0.3, -0.25) is 19.6 Å². The van der Waals surface area contributed by atoms with E-state index in [9.17, 15) is 9.59 Å². The quantitative estimate of drug-likeness (QED) is 0.733. The summed E-state index contributed by atoms with van der Waals surface area (Å²) in [6.07, 6.45) is 0. The van der Waals surface area contributed by atoms with E-state index in [0.29, 0.717) is 24.5 Å². The molecule has 1 fully saturated rings. The molecule has 2 heterocycles. The lowest BCUT2D eigenvalue weighted by atomic mass is 9.93. The van der Waals surface area contributed by atoms with Crippen LogP contribution in [0.2, 0.25) is 0 Å². The summed E-state index contributed by atoms with van der Waals surface area (Å²) in [4.78, 5) is 36.1. The van der Waals surface area contributed by atoms with Crippen molar-refractivity contribution in [2.45, 2.75) is 0 Å². The first-order chi connectivity index (χ1) is 12.2. The highest BCUT2D eigenvalue weighted by Crippen LogP contribution is 2.29. The SMILES string of the molecule is O=C1C2=NCCN=C(c3ccccc3)C2C(=O)N1c1ccc(Br)cc1. The van der Waals surface area contributed by atoms with Crippen molar-refractivity contribution in [1.29, 1.82) is 0 Å². The van der Waals surface area contributed by atoms with Crippen molar-refractivity contribution in [1.82, 2.24) is 0 Å². The van der Waals surface area contributed by atoms with Gasteiger partial charge < -0.3 is 0 Å².